The van der Waals surface area contributed by atoms with Crippen molar-refractivity contribution < 1.29 is 13.7 Å². The average Bonchev–Trinajstić information content (AvgIpc) is 3.39. The molecule has 202 valence electrons. The van der Waals surface area contributed by atoms with E-state index in [0.29, 0.717) is 29.2 Å². The number of benzene rings is 3. The first-order valence-electron chi connectivity index (χ1n) is 13.4. The Morgan fingerprint density at radius 2 is 1.74 bits per heavy atom. The normalized spacial score (nSPS) is 12.3. The Morgan fingerprint density at radius 3 is 2.46 bits per heavy atom. The minimum atomic E-state index is -1.23. The number of hydrogen-bond donors (Lipinski definition) is 0. The first kappa shape index (κ1) is 28.2. The lowest BCUT2D eigenvalue weighted by Crippen LogP contribution is -2.07. The van der Waals surface area contributed by atoms with Crippen LogP contribution in [0.25, 0.3) is 17.2 Å². The van der Waals surface area contributed by atoms with Crippen LogP contribution in [0.3, 0.4) is 0 Å². The van der Waals surface area contributed by atoms with Crippen LogP contribution in [0.15, 0.2) is 89.6 Å². The fourth-order valence-electron chi connectivity index (χ4n) is 4.20. The van der Waals surface area contributed by atoms with Gasteiger partial charge >= 0.3 is 0 Å². The van der Waals surface area contributed by atoms with E-state index in [1.807, 2.05) is 66.1 Å². The number of Topliss-reactive ketones (excluding diaryl/α,β-unsaturated/α-hetero) is 1. The van der Waals surface area contributed by atoms with E-state index in [0.717, 1.165) is 53.2 Å². The molecule has 1 atom stereocenters. The first-order chi connectivity index (χ1) is 19.0. The molecular weight excluding hydrogens is 506 g/mol. The number of allylic oxidation sites excluding steroid dienone is 1. The molecule has 0 aliphatic rings. The number of carbonyl (C=O) groups excluding carboxylic acids is 1. The number of hydrogen-bond acceptors (Lipinski definition) is 5. The third kappa shape index (κ3) is 7.83. The van der Waals surface area contributed by atoms with E-state index in [1.165, 1.54) is 0 Å². The van der Waals surface area contributed by atoms with Crippen molar-refractivity contribution in [2.45, 2.75) is 57.2 Å². The van der Waals surface area contributed by atoms with Crippen molar-refractivity contribution in [2.75, 3.05) is 6.61 Å². The van der Waals surface area contributed by atoms with Crippen molar-refractivity contribution >= 4 is 22.7 Å². The molecule has 0 N–H and O–H groups in total. The number of carbonyl (C=O) groups is 1. The average molecular weight is 542 g/mol. The predicted molar refractivity (Wildman–Crippen MR) is 157 cm³/mol. The standard InChI is InChI=1S/C32H35N3O3S/c1-4-17-35-23-33-34-32(35)22-39(37)30-15-9-25(10-16-30)21-31(36)24(3)19-26-7-6-8-28(20-26)27-11-13-29(14-12-27)38-18-5-2/h6-16,19-20,23H,4-5,17-18,21-22H2,1-3H3/b24-19+. The molecule has 0 aliphatic carbocycles. The molecule has 1 heterocycles. The molecule has 39 heavy (non-hydrogen) atoms. The number of nitrogens with zero attached hydrogens (tertiary/aromatic N) is 3. The largest absolute Gasteiger partial charge is 0.494 e. The Bertz CT molecular complexity index is 1440. The van der Waals surface area contributed by atoms with Crippen molar-refractivity contribution in [1.82, 2.24) is 14.8 Å². The lowest BCUT2D eigenvalue weighted by Gasteiger charge is -2.08. The topological polar surface area (TPSA) is 74.1 Å². The van der Waals surface area contributed by atoms with Gasteiger partial charge in [-0.05, 0) is 84.0 Å². The van der Waals surface area contributed by atoms with Crippen molar-refractivity contribution in [3.05, 3.63) is 102 Å². The molecule has 0 aliphatic heterocycles. The van der Waals surface area contributed by atoms with Gasteiger partial charge in [0.05, 0.1) is 23.2 Å². The molecule has 0 saturated heterocycles. The zero-order chi connectivity index (χ0) is 27.6. The fourth-order valence-corrected chi connectivity index (χ4v) is 5.27. The van der Waals surface area contributed by atoms with Gasteiger partial charge in [-0.1, -0.05) is 56.3 Å². The zero-order valence-corrected chi connectivity index (χ0v) is 23.6. The molecule has 0 fully saturated rings. The van der Waals surface area contributed by atoms with Crippen molar-refractivity contribution in [2.24, 2.45) is 0 Å². The van der Waals surface area contributed by atoms with Crippen LogP contribution in [0.5, 0.6) is 5.75 Å². The molecule has 4 rings (SSSR count). The summed E-state index contributed by atoms with van der Waals surface area (Å²) in [5.41, 5.74) is 4.75. The number of aryl methyl sites for hydroxylation is 1. The summed E-state index contributed by atoms with van der Waals surface area (Å²) < 4.78 is 20.5. The van der Waals surface area contributed by atoms with Gasteiger partial charge in [-0.3, -0.25) is 9.00 Å². The van der Waals surface area contributed by atoms with Gasteiger partial charge in [0, 0.05) is 17.9 Å². The highest BCUT2D eigenvalue weighted by Crippen LogP contribution is 2.24. The molecule has 1 aromatic heterocycles. The van der Waals surface area contributed by atoms with E-state index in [2.05, 4.69) is 48.3 Å². The summed E-state index contributed by atoms with van der Waals surface area (Å²) >= 11 is 0. The van der Waals surface area contributed by atoms with Crippen LogP contribution in [-0.4, -0.2) is 31.4 Å². The SMILES string of the molecule is CCCOc1ccc(-c2cccc(/C=C(\C)C(=O)Cc3ccc(S(=O)Cc4nncn4CCC)cc3)c2)cc1. The summed E-state index contributed by atoms with van der Waals surface area (Å²) in [6, 6.07) is 23.7. The van der Waals surface area contributed by atoms with Gasteiger partial charge in [-0.2, -0.15) is 0 Å². The minimum Gasteiger partial charge on any atom is -0.494 e. The van der Waals surface area contributed by atoms with Crippen molar-refractivity contribution in [3.63, 3.8) is 0 Å². The summed E-state index contributed by atoms with van der Waals surface area (Å²) in [5.74, 6) is 1.96. The summed E-state index contributed by atoms with van der Waals surface area (Å²) in [5, 5.41) is 8.05. The van der Waals surface area contributed by atoms with E-state index < -0.39 is 10.8 Å². The first-order valence-corrected chi connectivity index (χ1v) is 14.7. The molecule has 0 bridgehead atoms. The smallest absolute Gasteiger partial charge is 0.162 e. The highest BCUT2D eigenvalue weighted by molar-refractivity contribution is 7.84. The van der Waals surface area contributed by atoms with E-state index in [1.54, 1.807) is 6.33 Å². The highest BCUT2D eigenvalue weighted by Gasteiger charge is 2.12. The minimum absolute atomic E-state index is 0.0550. The summed E-state index contributed by atoms with van der Waals surface area (Å²) in [6.45, 7) is 7.54. The Morgan fingerprint density at radius 1 is 0.974 bits per heavy atom. The third-order valence-electron chi connectivity index (χ3n) is 6.34. The van der Waals surface area contributed by atoms with E-state index >= 15 is 0 Å². The maximum Gasteiger partial charge on any atom is 0.162 e. The Hall–Kier alpha value is -3.84. The van der Waals surface area contributed by atoms with Gasteiger partial charge in [0.2, 0.25) is 0 Å². The monoisotopic (exact) mass is 541 g/mol. The van der Waals surface area contributed by atoms with Gasteiger partial charge in [-0.25, -0.2) is 0 Å². The maximum atomic E-state index is 13.0. The Balaban J connectivity index is 1.37. The third-order valence-corrected chi connectivity index (χ3v) is 7.66. The van der Waals surface area contributed by atoms with Crippen molar-refractivity contribution in [3.8, 4) is 16.9 Å². The van der Waals surface area contributed by atoms with Crippen LogP contribution in [0.4, 0.5) is 0 Å². The van der Waals surface area contributed by atoms with Crippen LogP contribution in [-0.2, 0) is 34.3 Å². The molecule has 3 aromatic carbocycles. The van der Waals surface area contributed by atoms with Crippen LogP contribution in [0, 0.1) is 0 Å². The van der Waals surface area contributed by atoms with Crippen LogP contribution >= 0.6 is 0 Å². The summed E-state index contributed by atoms with van der Waals surface area (Å²) in [6.07, 6.45) is 5.84. The molecule has 6 nitrogen and oxygen atoms in total. The fraction of sp³-hybridized carbons (Fsp3) is 0.281. The molecular formula is C32H35N3O3S. The molecule has 4 aromatic rings. The van der Waals surface area contributed by atoms with Gasteiger partial charge in [0.25, 0.3) is 0 Å². The van der Waals surface area contributed by atoms with E-state index in [4.69, 9.17) is 4.74 Å². The highest BCUT2D eigenvalue weighted by atomic mass is 32.2. The van der Waals surface area contributed by atoms with Crippen LogP contribution in [0.1, 0.15) is 50.6 Å². The van der Waals surface area contributed by atoms with Gasteiger partial charge in [-0.15, -0.1) is 10.2 Å². The molecule has 7 heteroatoms. The quantitative estimate of drug-likeness (QED) is 0.177. The Kier molecular flexibility index (Phi) is 9.97. The second-order valence-electron chi connectivity index (χ2n) is 9.50. The molecule has 1 unspecified atom stereocenters. The van der Waals surface area contributed by atoms with Gasteiger partial charge in [0.15, 0.2) is 5.78 Å². The van der Waals surface area contributed by atoms with E-state index in [-0.39, 0.29) is 5.78 Å². The second kappa shape index (κ2) is 13.8. The van der Waals surface area contributed by atoms with Crippen LogP contribution < -0.4 is 4.74 Å². The number of ether oxygens (including phenoxy) is 1. The summed E-state index contributed by atoms with van der Waals surface area (Å²) in [4.78, 5) is 13.7. The van der Waals surface area contributed by atoms with Gasteiger partial charge < -0.3 is 9.30 Å². The zero-order valence-electron chi connectivity index (χ0n) is 22.8. The molecule has 0 saturated carbocycles. The number of rotatable bonds is 13. The maximum absolute atomic E-state index is 13.0. The second-order valence-corrected chi connectivity index (χ2v) is 11.0. The van der Waals surface area contributed by atoms with E-state index in [9.17, 15) is 9.00 Å². The van der Waals surface area contributed by atoms with Crippen LogP contribution in [0.2, 0.25) is 0 Å². The lowest BCUT2D eigenvalue weighted by atomic mass is 9.99. The molecule has 0 amide bonds. The van der Waals surface area contributed by atoms with Crippen molar-refractivity contribution in [1.29, 1.82) is 0 Å². The molecule has 0 spiro atoms. The molecule has 0 radical (unpaired) electrons. The number of aromatic nitrogens is 3. The predicted octanol–water partition coefficient (Wildman–Crippen LogP) is 6.67. The summed E-state index contributed by atoms with van der Waals surface area (Å²) in [7, 11) is -1.23. The Labute approximate surface area is 233 Å². The number of ketones is 1. The lowest BCUT2D eigenvalue weighted by molar-refractivity contribution is -0.114. The van der Waals surface area contributed by atoms with Gasteiger partial charge in [0.1, 0.15) is 17.9 Å².